The number of nitrogens with one attached hydrogen (secondary N) is 1. The Balaban J connectivity index is 2.37. The van der Waals surface area contributed by atoms with Gasteiger partial charge in [-0.3, -0.25) is 0 Å². The summed E-state index contributed by atoms with van der Waals surface area (Å²) in [7, 11) is -1.25. The SMILES string of the molecule is CC(C)(C)S(=O)N[C@H](c1ccccc1)c1ccc(C(=O)O)cc1. The quantitative estimate of drug-likeness (QED) is 0.881. The van der Waals surface area contributed by atoms with Crippen LogP contribution in [0.3, 0.4) is 0 Å². The van der Waals surface area contributed by atoms with E-state index in [-0.39, 0.29) is 11.6 Å². The molecule has 5 heteroatoms. The minimum Gasteiger partial charge on any atom is -0.478 e. The molecule has 0 aromatic heterocycles. The monoisotopic (exact) mass is 331 g/mol. The Kier molecular flexibility index (Phi) is 5.34. The van der Waals surface area contributed by atoms with Crippen molar-refractivity contribution in [2.45, 2.75) is 31.6 Å². The molecule has 23 heavy (non-hydrogen) atoms. The summed E-state index contributed by atoms with van der Waals surface area (Å²) in [5.41, 5.74) is 2.09. The van der Waals surface area contributed by atoms with E-state index in [1.807, 2.05) is 51.1 Å². The number of aromatic carboxylic acids is 1. The molecule has 2 N–H and O–H groups in total. The summed E-state index contributed by atoms with van der Waals surface area (Å²) in [5, 5.41) is 9.02. The van der Waals surface area contributed by atoms with Gasteiger partial charge in [0.15, 0.2) is 0 Å². The predicted octanol–water partition coefficient (Wildman–Crippen LogP) is 3.53. The number of carboxylic acids is 1. The van der Waals surface area contributed by atoms with E-state index in [0.29, 0.717) is 0 Å². The van der Waals surface area contributed by atoms with Crippen LogP contribution < -0.4 is 4.72 Å². The summed E-state index contributed by atoms with van der Waals surface area (Å²) in [4.78, 5) is 11.0. The Labute approximate surface area is 139 Å². The zero-order chi connectivity index (χ0) is 17.0. The van der Waals surface area contributed by atoms with Crippen LogP contribution in [-0.4, -0.2) is 20.0 Å². The molecule has 4 nitrogen and oxygen atoms in total. The summed E-state index contributed by atoms with van der Waals surface area (Å²) >= 11 is 0. The van der Waals surface area contributed by atoms with Gasteiger partial charge < -0.3 is 5.11 Å². The van der Waals surface area contributed by atoms with Crippen molar-refractivity contribution in [1.29, 1.82) is 0 Å². The molecule has 2 aromatic rings. The van der Waals surface area contributed by atoms with Gasteiger partial charge in [0.1, 0.15) is 0 Å². The molecule has 0 saturated carbocycles. The standard InChI is InChI=1S/C18H21NO3S/c1-18(2,3)23(22)19-16(13-7-5-4-6-8-13)14-9-11-15(12-10-14)17(20)21/h4-12,16,19H,1-3H3,(H,20,21)/t16-,23?/m1/s1. The zero-order valence-electron chi connectivity index (χ0n) is 13.4. The Hall–Kier alpha value is -1.98. The Morgan fingerprint density at radius 3 is 2.00 bits per heavy atom. The highest BCUT2D eigenvalue weighted by molar-refractivity contribution is 7.84. The van der Waals surface area contributed by atoms with E-state index in [0.717, 1.165) is 11.1 Å². The van der Waals surface area contributed by atoms with Gasteiger partial charge in [-0.25, -0.2) is 13.7 Å². The third kappa shape index (κ3) is 4.50. The van der Waals surface area contributed by atoms with Gasteiger partial charge in [-0.05, 0) is 44.0 Å². The minimum atomic E-state index is -1.25. The Bertz CT molecular complexity index is 690. The van der Waals surface area contributed by atoms with E-state index in [2.05, 4.69) is 4.72 Å². The van der Waals surface area contributed by atoms with Crippen molar-refractivity contribution < 1.29 is 14.1 Å². The zero-order valence-corrected chi connectivity index (χ0v) is 14.3. The van der Waals surface area contributed by atoms with Crippen LogP contribution >= 0.6 is 0 Å². The molecular formula is C18H21NO3S. The van der Waals surface area contributed by atoms with Crippen molar-refractivity contribution in [1.82, 2.24) is 4.72 Å². The van der Waals surface area contributed by atoms with Gasteiger partial charge in [-0.2, -0.15) is 0 Å². The van der Waals surface area contributed by atoms with E-state index in [4.69, 9.17) is 5.11 Å². The summed E-state index contributed by atoms with van der Waals surface area (Å²) in [5.74, 6) is -0.959. The normalized spacial score (nSPS) is 14.2. The fourth-order valence-corrected chi connectivity index (χ4v) is 2.92. The maximum atomic E-state index is 12.5. The molecular weight excluding hydrogens is 310 g/mol. The third-order valence-electron chi connectivity index (χ3n) is 3.40. The lowest BCUT2D eigenvalue weighted by Gasteiger charge is -2.25. The molecule has 1 unspecified atom stereocenters. The van der Waals surface area contributed by atoms with Crippen molar-refractivity contribution in [3.05, 3.63) is 71.3 Å². The van der Waals surface area contributed by atoms with Gasteiger partial charge in [-0.15, -0.1) is 0 Å². The lowest BCUT2D eigenvalue weighted by Crippen LogP contribution is -2.36. The number of carboxylic acid groups (broad SMARTS) is 1. The number of hydrogen-bond acceptors (Lipinski definition) is 2. The predicted molar refractivity (Wildman–Crippen MR) is 92.7 cm³/mol. The average Bonchev–Trinajstić information content (AvgIpc) is 2.52. The van der Waals surface area contributed by atoms with Crippen LogP contribution in [0.15, 0.2) is 54.6 Å². The maximum absolute atomic E-state index is 12.5. The largest absolute Gasteiger partial charge is 0.478 e. The van der Waals surface area contributed by atoms with Crippen molar-refractivity contribution >= 4 is 17.0 Å². The first-order valence-electron chi connectivity index (χ1n) is 7.35. The highest BCUT2D eigenvalue weighted by Gasteiger charge is 2.24. The van der Waals surface area contributed by atoms with E-state index < -0.39 is 21.7 Å². The average molecular weight is 331 g/mol. The van der Waals surface area contributed by atoms with E-state index >= 15 is 0 Å². The molecule has 0 bridgehead atoms. The molecule has 0 radical (unpaired) electrons. The molecule has 0 amide bonds. The first-order valence-corrected chi connectivity index (χ1v) is 8.50. The Morgan fingerprint density at radius 1 is 1.00 bits per heavy atom. The molecule has 0 aliphatic heterocycles. The second-order valence-corrected chi connectivity index (χ2v) is 8.27. The fraction of sp³-hybridized carbons (Fsp3) is 0.278. The van der Waals surface area contributed by atoms with Crippen LogP contribution in [0.1, 0.15) is 48.3 Å². The second-order valence-electron chi connectivity index (χ2n) is 6.27. The molecule has 0 saturated heterocycles. The van der Waals surface area contributed by atoms with Crippen LogP contribution in [0, 0.1) is 0 Å². The molecule has 122 valence electrons. The van der Waals surface area contributed by atoms with Crippen LogP contribution in [-0.2, 0) is 11.0 Å². The van der Waals surface area contributed by atoms with Gasteiger partial charge in [0.2, 0.25) is 0 Å². The van der Waals surface area contributed by atoms with Crippen LogP contribution in [0.2, 0.25) is 0 Å². The molecule has 2 atom stereocenters. The molecule has 0 heterocycles. The topological polar surface area (TPSA) is 66.4 Å². The van der Waals surface area contributed by atoms with E-state index in [1.165, 1.54) is 0 Å². The van der Waals surface area contributed by atoms with Crippen LogP contribution in [0.4, 0.5) is 0 Å². The molecule has 0 spiro atoms. The molecule has 0 aliphatic rings. The molecule has 2 rings (SSSR count). The first kappa shape index (κ1) is 17.4. The molecule has 2 aromatic carbocycles. The minimum absolute atomic E-state index is 0.234. The summed E-state index contributed by atoms with van der Waals surface area (Å²) < 4.78 is 15.3. The van der Waals surface area contributed by atoms with Crippen LogP contribution in [0.25, 0.3) is 0 Å². The van der Waals surface area contributed by atoms with Crippen molar-refractivity contribution in [2.24, 2.45) is 0 Å². The fourth-order valence-electron chi connectivity index (χ4n) is 2.08. The van der Waals surface area contributed by atoms with Gasteiger partial charge >= 0.3 is 5.97 Å². The molecule has 0 fully saturated rings. The lowest BCUT2D eigenvalue weighted by molar-refractivity contribution is 0.0697. The Morgan fingerprint density at radius 2 is 1.52 bits per heavy atom. The lowest BCUT2D eigenvalue weighted by atomic mass is 9.99. The highest BCUT2D eigenvalue weighted by atomic mass is 32.2. The van der Waals surface area contributed by atoms with Gasteiger partial charge in [-0.1, -0.05) is 42.5 Å². The highest BCUT2D eigenvalue weighted by Crippen LogP contribution is 2.24. The summed E-state index contributed by atoms with van der Waals surface area (Å²) in [6, 6.07) is 16.1. The number of rotatable bonds is 5. The third-order valence-corrected chi connectivity index (χ3v) is 4.97. The number of carbonyl (C=O) groups is 1. The van der Waals surface area contributed by atoms with Gasteiger partial charge in [0.05, 0.1) is 27.3 Å². The van der Waals surface area contributed by atoms with Crippen molar-refractivity contribution in [2.75, 3.05) is 0 Å². The van der Waals surface area contributed by atoms with Gasteiger partial charge in [0.25, 0.3) is 0 Å². The van der Waals surface area contributed by atoms with Crippen LogP contribution in [0.5, 0.6) is 0 Å². The van der Waals surface area contributed by atoms with Crippen molar-refractivity contribution in [3.8, 4) is 0 Å². The first-order chi connectivity index (χ1) is 10.8. The summed E-state index contributed by atoms with van der Waals surface area (Å²) in [6.45, 7) is 5.73. The van der Waals surface area contributed by atoms with Gasteiger partial charge in [0, 0.05) is 0 Å². The number of benzene rings is 2. The summed E-state index contributed by atoms with van der Waals surface area (Å²) in [6.07, 6.45) is 0. The van der Waals surface area contributed by atoms with E-state index in [9.17, 15) is 9.00 Å². The molecule has 0 aliphatic carbocycles. The maximum Gasteiger partial charge on any atom is 0.335 e. The second kappa shape index (κ2) is 7.06. The van der Waals surface area contributed by atoms with E-state index in [1.54, 1.807) is 24.3 Å². The smallest absolute Gasteiger partial charge is 0.335 e. The van der Waals surface area contributed by atoms with Crippen molar-refractivity contribution in [3.63, 3.8) is 0 Å². The number of hydrogen-bond donors (Lipinski definition) is 2.